The summed E-state index contributed by atoms with van der Waals surface area (Å²) in [4.78, 5) is 0. The van der Waals surface area contributed by atoms with E-state index in [4.69, 9.17) is 10.9 Å². The molecule has 0 fully saturated rings. The number of aromatic hydroxyl groups is 1. The molecule has 0 aliphatic heterocycles. The number of halogens is 1. The molecule has 0 radical (unpaired) electrons. The molecule has 0 spiro atoms. The number of phenols is 1. The third-order valence-corrected chi connectivity index (χ3v) is 1.93. The molecule has 0 bridgehead atoms. The van der Waals surface area contributed by atoms with Gasteiger partial charge in [0.15, 0.2) is 5.75 Å². The molecular formula is C6H7BrN2O2. The van der Waals surface area contributed by atoms with Gasteiger partial charge in [0, 0.05) is 0 Å². The van der Waals surface area contributed by atoms with Crippen molar-refractivity contribution in [2.75, 3.05) is 11.2 Å². The highest BCUT2D eigenvalue weighted by atomic mass is 79.9. The molecule has 0 saturated carbocycles. The Morgan fingerprint density at radius 3 is 2.64 bits per heavy atom. The molecule has 1 rings (SSSR count). The van der Waals surface area contributed by atoms with Gasteiger partial charge in [-0.3, -0.25) is 10.7 Å². The van der Waals surface area contributed by atoms with Gasteiger partial charge in [0.2, 0.25) is 0 Å². The minimum atomic E-state index is -0.0796. The van der Waals surface area contributed by atoms with Gasteiger partial charge in [-0.15, -0.1) is 0 Å². The highest BCUT2D eigenvalue weighted by molar-refractivity contribution is 9.10. The zero-order valence-corrected chi connectivity index (χ0v) is 7.09. The summed E-state index contributed by atoms with van der Waals surface area (Å²) in [6.07, 6.45) is 0. The SMILES string of the molecule is Nc1c(NO)ccc(Br)c1O. The molecule has 0 aromatic heterocycles. The summed E-state index contributed by atoms with van der Waals surface area (Å²) < 4.78 is 0.494. The maximum absolute atomic E-state index is 9.20. The molecule has 4 nitrogen and oxygen atoms in total. The zero-order valence-electron chi connectivity index (χ0n) is 5.50. The van der Waals surface area contributed by atoms with E-state index in [-0.39, 0.29) is 17.1 Å². The van der Waals surface area contributed by atoms with Crippen LogP contribution in [0.1, 0.15) is 0 Å². The smallest absolute Gasteiger partial charge is 0.154 e. The number of anilines is 2. The number of nitrogen functional groups attached to an aromatic ring is 1. The summed E-state index contributed by atoms with van der Waals surface area (Å²) in [7, 11) is 0. The van der Waals surface area contributed by atoms with Crippen molar-refractivity contribution in [3.8, 4) is 5.75 Å². The van der Waals surface area contributed by atoms with Crippen LogP contribution in [0.5, 0.6) is 5.75 Å². The Labute approximate surface area is 71.7 Å². The average molecular weight is 219 g/mol. The Hall–Kier alpha value is -0.940. The van der Waals surface area contributed by atoms with Crippen molar-refractivity contribution in [1.29, 1.82) is 0 Å². The van der Waals surface area contributed by atoms with Gasteiger partial charge in [0.25, 0.3) is 0 Å². The molecule has 11 heavy (non-hydrogen) atoms. The van der Waals surface area contributed by atoms with E-state index in [1.807, 2.05) is 5.48 Å². The molecule has 0 aliphatic carbocycles. The first-order valence-corrected chi connectivity index (χ1v) is 3.63. The van der Waals surface area contributed by atoms with E-state index in [9.17, 15) is 5.11 Å². The van der Waals surface area contributed by atoms with Crippen LogP contribution in [0.15, 0.2) is 16.6 Å². The van der Waals surface area contributed by atoms with Crippen molar-refractivity contribution in [2.24, 2.45) is 0 Å². The van der Waals surface area contributed by atoms with Crippen LogP contribution in [0.4, 0.5) is 11.4 Å². The molecule has 0 heterocycles. The lowest BCUT2D eigenvalue weighted by Crippen LogP contribution is -1.96. The molecule has 0 aliphatic rings. The number of phenolic OH excluding ortho intramolecular Hbond substituents is 1. The molecule has 0 amide bonds. The molecule has 60 valence electrons. The second-order valence-corrected chi connectivity index (χ2v) is 2.82. The summed E-state index contributed by atoms with van der Waals surface area (Å²) in [5.74, 6) is -0.0796. The van der Waals surface area contributed by atoms with Crippen LogP contribution in [0.25, 0.3) is 0 Å². The van der Waals surface area contributed by atoms with E-state index >= 15 is 0 Å². The fourth-order valence-electron chi connectivity index (χ4n) is 0.679. The minimum Gasteiger partial charge on any atom is -0.505 e. The van der Waals surface area contributed by atoms with Crippen LogP contribution >= 0.6 is 15.9 Å². The molecule has 5 heteroatoms. The predicted octanol–water partition coefficient (Wildman–Crippen LogP) is 1.54. The van der Waals surface area contributed by atoms with Crippen molar-refractivity contribution in [3.63, 3.8) is 0 Å². The largest absolute Gasteiger partial charge is 0.505 e. The first kappa shape index (κ1) is 8.16. The highest BCUT2D eigenvalue weighted by Crippen LogP contribution is 2.34. The Morgan fingerprint density at radius 1 is 1.45 bits per heavy atom. The second-order valence-electron chi connectivity index (χ2n) is 1.97. The van der Waals surface area contributed by atoms with Crippen molar-refractivity contribution < 1.29 is 10.3 Å². The lowest BCUT2D eigenvalue weighted by atomic mass is 10.2. The van der Waals surface area contributed by atoms with E-state index in [0.29, 0.717) is 4.47 Å². The van der Waals surface area contributed by atoms with Gasteiger partial charge in [-0.05, 0) is 28.1 Å². The summed E-state index contributed by atoms with van der Waals surface area (Å²) in [5.41, 5.74) is 7.64. The molecule has 5 N–H and O–H groups in total. The normalized spacial score (nSPS) is 9.64. The standard InChI is InChI=1S/C6H7BrN2O2/c7-3-1-2-4(9-11)5(8)6(3)10/h1-2,9-11H,8H2. The fraction of sp³-hybridized carbons (Fsp3) is 0. The fourth-order valence-corrected chi connectivity index (χ4v) is 1.02. The van der Waals surface area contributed by atoms with E-state index in [1.54, 1.807) is 12.1 Å². The Bertz CT molecular complexity index is 278. The van der Waals surface area contributed by atoms with Crippen LogP contribution in [-0.2, 0) is 0 Å². The van der Waals surface area contributed by atoms with Crippen LogP contribution in [0.3, 0.4) is 0 Å². The van der Waals surface area contributed by atoms with E-state index in [2.05, 4.69) is 15.9 Å². The molecule has 0 unspecified atom stereocenters. The van der Waals surface area contributed by atoms with Gasteiger partial charge in [-0.2, -0.15) is 0 Å². The monoisotopic (exact) mass is 218 g/mol. The molecule has 1 aromatic carbocycles. The first-order chi connectivity index (χ1) is 5.16. The summed E-state index contributed by atoms with van der Waals surface area (Å²) >= 11 is 3.07. The number of benzene rings is 1. The van der Waals surface area contributed by atoms with Crippen LogP contribution in [0.2, 0.25) is 0 Å². The topological polar surface area (TPSA) is 78.5 Å². The van der Waals surface area contributed by atoms with Gasteiger partial charge < -0.3 is 10.8 Å². The van der Waals surface area contributed by atoms with Crippen LogP contribution in [-0.4, -0.2) is 10.3 Å². The van der Waals surface area contributed by atoms with Crippen molar-refractivity contribution in [1.82, 2.24) is 0 Å². The van der Waals surface area contributed by atoms with Crippen LogP contribution < -0.4 is 11.2 Å². The maximum Gasteiger partial charge on any atom is 0.154 e. The summed E-state index contributed by atoms with van der Waals surface area (Å²) in [6.45, 7) is 0. The lowest BCUT2D eigenvalue weighted by molar-refractivity contribution is 0.388. The third-order valence-electron chi connectivity index (χ3n) is 1.29. The summed E-state index contributed by atoms with van der Waals surface area (Å²) in [6, 6.07) is 3.11. The first-order valence-electron chi connectivity index (χ1n) is 2.84. The third kappa shape index (κ3) is 1.38. The molecule has 0 saturated heterocycles. The van der Waals surface area contributed by atoms with Crippen molar-refractivity contribution in [3.05, 3.63) is 16.6 Å². The number of hydrogen-bond acceptors (Lipinski definition) is 4. The van der Waals surface area contributed by atoms with E-state index in [1.165, 1.54) is 0 Å². The Kier molecular flexibility index (Phi) is 2.21. The predicted molar refractivity (Wildman–Crippen MR) is 45.6 cm³/mol. The van der Waals surface area contributed by atoms with Gasteiger partial charge in [0.05, 0.1) is 10.2 Å². The highest BCUT2D eigenvalue weighted by Gasteiger charge is 2.06. The Balaban J connectivity index is 3.25. The number of nitrogens with two attached hydrogens (primary N) is 1. The maximum atomic E-state index is 9.20. The van der Waals surface area contributed by atoms with Gasteiger partial charge in [-0.1, -0.05) is 0 Å². The number of rotatable bonds is 1. The van der Waals surface area contributed by atoms with Gasteiger partial charge in [0.1, 0.15) is 5.69 Å². The summed E-state index contributed by atoms with van der Waals surface area (Å²) in [5, 5.41) is 17.7. The molecule has 0 atom stereocenters. The van der Waals surface area contributed by atoms with Crippen molar-refractivity contribution >= 4 is 27.3 Å². The van der Waals surface area contributed by atoms with Gasteiger partial charge in [-0.25, -0.2) is 0 Å². The zero-order chi connectivity index (χ0) is 8.43. The van der Waals surface area contributed by atoms with Gasteiger partial charge >= 0.3 is 0 Å². The molecule has 1 aromatic rings. The number of nitrogens with one attached hydrogen (secondary N) is 1. The van der Waals surface area contributed by atoms with E-state index in [0.717, 1.165) is 0 Å². The van der Waals surface area contributed by atoms with E-state index < -0.39 is 0 Å². The Morgan fingerprint density at radius 2 is 2.09 bits per heavy atom. The average Bonchev–Trinajstić information content (AvgIpc) is 2.01. The lowest BCUT2D eigenvalue weighted by Gasteiger charge is -2.06. The quantitative estimate of drug-likeness (QED) is 0.328. The number of hydrogen-bond donors (Lipinski definition) is 4. The minimum absolute atomic E-state index is 0.0796. The second kappa shape index (κ2) is 2.98. The molecular weight excluding hydrogens is 212 g/mol. The van der Waals surface area contributed by atoms with Crippen molar-refractivity contribution in [2.45, 2.75) is 0 Å². The van der Waals surface area contributed by atoms with Crippen LogP contribution in [0, 0.1) is 0 Å².